The van der Waals surface area contributed by atoms with Gasteiger partial charge in [-0.3, -0.25) is 9.97 Å². The molecule has 4 aromatic heterocycles. The van der Waals surface area contributed by atoms with Crippen molar-refractivity contribution in [2.45, 2.75) is 0 Å². The van der Waals surface area contributed by atoms with E-state index in [-0.39, 0.29) is 0 Å². The maximum absolute atomic E-state index is 4.85. The van der Waals surface area contributed by atoms with Crippen LogP contribution in [0.2, 0.25) is 0 Å². The number of pyridine rings is 2. The molecule has 30 heavy (non-hydrogen) atoms. The molecule has 0 N–H and O–H groups in total. The van der Waals surface area contributed by atoms with Crippen LogP contribution < -0.4 is 0 Å². The van der Waals surface area contributed by atoms with E-state index in [0.717, 1.165) is 27.5 Å². The van der Waals surface area contributed by atoms with Crippen LogP contribution in [0.3, 0.4) is 0 Å². The van der Waals surface area contributed by atoms with Gasteiger partial charge in [-0.05, 0) is 41.1 Å². The van der Waals surface area contributed by atoms with Crippen molar-refractivity contribution in [3.05, 3.63) is 90.6 Å². The van der Waals surface area contributed by atoms with Gasteiger partial charge in [-0.1, -0.05) is 42.5 Å². The molecule has 140 valence electrons. The summed E-state index contributed by atoms with van der Waals surface area (Å²) in [5.74, 6) is 0. The number of para-hydroxylation sites is 1. The highest BCUT2D eigenvalue weighted by molar-refractivity contribution is 7.18. The van der Waals surface area contributed by atoms with Crippen molar-refractivity contribution in [3.63, 3.8) is 0 Å². The normalized spacial score (nSPS) is 12.0. The van der Waals surface area contributed by atoms with Crippen molar-refractivity contribution in [1.82, 2.24) is 14.5 Å². The van der Waals surface area contributed by atoms with Crippen LogP contribution in [0.1, 0.15) is 0 Å². The third kappa shape index (κ3) is 2.09. The molecule has 3 aromatic carbocycles. The Labute approximate surface area is 175 Å². The third-order valence-electron chi connectivity index (χ3n) is 5.92. The van der Waals surface area contributed by atoms with Gasteiger partial charge in [0.05, 0.1) is 34.0 Å². The lowest BCUT2D eigenvalue weighted by molar-refractivity contribution is 1.16. The second-order valence-electron chi connectivity index (χ2n) is 7.56. The lowest BCUT2D eigenvalue weighted by Gasteiger charge is -2.09. The van der Waals surface area contributed by atoms with Gasteiger partial charge in [0.1, 0.15) is 0 Å². The molecular weight excluding hydrogens is 386 g/mol. The van der Waals surface area contributed by atoms with Crippen LogP contribution in [0.15, 0.2) is 90.6 Å². The van der Waals surface area contributed by atoms with Gasteiger partial charge in [0.15, 0.2) is 0 Å². The topological polar surface area (TPSA) is 30.7 Å². The SMILES string of the molecule is c1cnc2c(c1)ccc1cc(-n3c4ccccc4c4c5sccc5ccc43)cnc12. The predicted octanol–water partition coefficient (Wildman–Crippen LogP) is 7.09. The monoisotopic (exact) mass is 401 g/mol. The standard InChI is InChI=1S/C26H15N3S/c1-2-6-21-20(5-1)23-22(10-9-17-11-13-30-26(17)23)29(21)19-14-18-8-7-16-4-3-12-27-24(16)25(18)28-15-19/h1-15H. The minimum Gasteiger partial charge on any atom is -0.308 e. The highest BCUT2D eigenvalue weighted by atomic mass is 32.1. The molecule has 0 amide bonds. The summed E-state index contributed by atoms with van der Waals surface area (Å²) in [6.45, 7) is 0. The van der Waals surface area contributed by atoms with E-state index in [1.807, 2.05) is 18.5 Å². The van der Waals surface area contributed by atoms with Crippen molar-refractivity contribution in [1.29, 1.82) is 0 Å². The summed E-state index contributed by atoms with van der Waals surface area (Å²) in [6, 6.07) is 25.8. The fraction of sp³-hybridized carbons (Fsp3) is 0. The smallest absolute Gasteiger partial charge is 0.0966 e. The fourth-order valence-corrected chi connectivity index (χ4v) is 5.56. The van der Waals surface area contributed by atoms with Crippen LogP contribution in [0.4, 0.5) is 0 Å². The predicted molar refractivity (Wildman–Crippen MR) is 127 cm³/mol. The molecule has 0 radical (unpaired) electrons. The number of aromatic nitrogens is 3. The molecule has 0 saturated heterocycles. The first-order valence-electron chi connectivity index (χ1n) is 9.92. The molecule has 4 heterocycles. The van der Waals surface area contributed by atoms with E-state index in [2.05, 4.69) is 81.7 Å². The summed E-state index contributed by atoms with van der Waals surface area (Å²) in [5.41, 5.74) is 5.38. The average Bonchev–Trinajstić information content (AvgIpc) is 3.40. The molecule has 0 unspecified atom stereocenters. The molecule has 0 aliphatic rings. The zero-order valence-electron chi connectivity index (χ0n) is 15.9. The Bertz CT molecular complexity index is 1760. The summed E-state index contributed by atoms with van der Waals surface area (Å²) in [4.78, 5) is 9.41. The van der Waals surface area contributed by atoms with Crippen LogP contribution in [-0.4, -0.2) is 14.5 Å². The van der Waals surface area contributed by atoms with E-state index in [0.29, 0.717) is 0 Å². The number of nitrogens with zero attached hydrogens (tertiary/aromatic N) is 3. The van der Waals surface area contributed by atoms with Gasteiger partial charge < -0.3 is 4.57 Å². The molecule has 0 atom stereocenters. The number of thiophene rings is 1. The minimum absolute atomic E-state index is 0.943. The maximum Gasteiger partial charge on any atom is 0.0966 e. The van der Waals surface area contributed by atoms with Crippen LogP contribution in [0, 0.1) is 0 Å². The van der Waals surface area contributed by atoms with Gasteiger partial charge in [0.25, 0.3) is 0 Å². The van der Waals surface area contributed by atoms with Crippen molar-refractivity contribution in [3.8, 4) is 5.69 Å². The van der Waals surface area contributed by atoms with Gasteiger partial charge in [0, 0.05) is 32.4 Å². The minimum atomic E-state index is 0.943. The van der Waals surface area contributed by atoms with Crippen molar-refractivity contribution >= 4 is 65.0 Å². The Morgan fingerprint density at radius 2 is 1.57 bits per heavy atom. The number of hydrogen-bond acceptors (Lipinski definition) is 3. The third-order valence-corrected chi connectivity index (χ3v) is 6.87. The molecule has 0 aliphatic carbocycles. The van der Waals surface area contributed by atoms with E-state index in [1.165, 1.54) is 31.9 Å². The average molecular weight is 401 g/mol. The molecule has 3 nitrogen and oxygen atoms in total. The van der Waals surface area contributed by atoms with Crippen LogP contribution in [0.5, 0.6) is 0 Å². The molecule has 0 fully saturated rings. The highest BCUT2D eigenvalue weighted by Gasteiger charge is 2.16. The second-order valence-corrected chi connectivity index (χ2v) is 8.47. The molecule has 4 heteroatoms. The molecule has 0 aliphatic heterocycles. The van der Waals surface area contributed by atoms with Gasteiger partial charge in [-0.25, -0.2) is 0 Å². The van der Waals surface area contributed by atoms with Crippen molar-refractivity contribution in [2.75, 3.05) is 0 Å². The van der Waals surface area contributed by atoms with E-state index < -0.39 is 0 Å². The van der Waals surface area contributed by atoms with E-state index >= 15 is 0 Å². The first kappa shape index (κ1) is 16.1. The van der Waals surface area contributed by atoms with E-state index in [1.54, 1.807) is 11.3 Å². The van der Waals surface area contributed by atoms with Crippen molar-refractivity contribution < 1.29 is 0 Å². The van der Waals surface area contributed by atoms with E-state index in [4.69, 9.17) is 4.98 Å². The summed E-state index contributed by atoms with van der Waals surface area (Å²) in [6.07, 6.45) is 3.80. The van der Waals surface area contributed by atoms with Gasteiger partial charge in [0.2, 0.25) is 0 Å². The molecule has 0 spiro atoms. The van der Waals surface area contributed by atoms with Crippen LogP contribution in [-0.2, 0) is 0 Å². The Hall–Kier alpha value is -3.76. The Morgan fingerprint density at radius 1 is 0.700 bits per heavy atom. The first-order valence-corrected chi connectivity index (χ1v) is 10.8. The molecule has 7 aromatic rings. The number of fused-ring (bicyclic) bond motifs is 8. The Kier molecular flexibility index (Phi) is 3.15. The zero-order valence-corrected chi connectivity index (χ0v) is 16.7. The second kappa shape index (κ2) is 5.88. The largest absolute Gasteiger partial charge is 0.308 e. The molecule has 0 bridgehead atoms. The van der Waals surface area contributed by atoms with E-state index in [9.17, 15) is 0 Å². The lowest BCUT2D eigenvalue weighted by Crippen LogP contribution is -1.95. The summed E-state index contributed by atoms with van der Waals surface area (Å²) >= 11 is 1.81. The number of rotatable bonds is 1. The van der Waals surface area contributed by atoms with Gasteiger partial charge in [-0.15, -0.1) is 11.3 Å². The Morgan fingerprint density at radius 3 is 2.57 bits per heavy atom. The lowest BCUT2D eigenvalue weighted by atomic mass is 10.1. The van der Waals surface area contributed by atoms with Crippen LogP contribution >= 0.6 is 11.3 Å². The summed E-state index contributed by atoms with van der Waals surface area (Å²) < 4.78 is 3.67. The molecular formula is C26H15N3S. The zero-order chi connectivity index (χ0) is 19.7. The maximum atomic E-state index is 4.85. The van der Waals surface area contributed by atoms with Gasteiger partial charge >= 0.3 is 0 Å². The van der Waals surface area contributed by atoms with Crippen molar-refractivity contribution in [2.24, 2.45) is 0 Å². The Balaban J connectivity index is 1.61. The summed E-state index contributed by atoms with van der Waals surface area (Å²) in [7, 11) is 0. The quantitative estimate of drug-likeness (QED) is 0.275. The molecule has 7 rings (SSSR count). The number of hydrogen-bond donors (Lipinski definition) is 0. The fourth-order valence-electron chi connectivity index (χ4n) is 4.60. The molecule has 0 saturated carbocycles. The summed E-state index contributed by atoms with van der Waals surface area (Å²) in [5, 5.41) is 8.28. The highest BCUT2D eigenvalue weighted by Crippen LogP contribution is 2.39. The first-order chi connectivity index (χ1) is 14.9. The van der Waals surface area contributed by atoms with Gasteiger partial charge in [-0.2, -0.15) is 0 Å². The number of benzene rings is 3. The van der Waals surface area contributed by atoms with Crippen LogP contribution in [0.25, 0.3) is 59.4 Å².